The summed E-state index contributed by atoms with van der Waals surface area (Å²) in [6.07, 6.45) is 3.08. The highest BCUT2D eigenvalue weighted by Crippen LogP contribution is 2.52. The van der Waals surface area contributed by atoms with Gasteiger partial charge in [0.25, 0.3) is 0 Å². The number of benzene rings is 2. The number of halogens is 3. The summed E-state index contributed by atoms with van der Waals surface area (Å²) in [6.45, 7) is 5.24. The predicted octanol–water partition coefficient (Wildman–Crippen LogP) is 6.19. The van der Waals surface area contributed by atoms with E-state index in [0.29, 0.717) is 25.2 Å². The number of rotatable bonds is 5. The first-order valence-corrected chi connectivity index (χ1v) is 16.6. The molecule has 0 radical (unpaired) electrons. The van der Waals surface area contributed by atoms with E-state index >= 15 is 4.39 Å². The zero-order chi connectivity index (χ0) is 32.3. The number of nitrogens with two attached hydrogens (primary N) is 1. The zero-order valence-electron chi connectivity index (χ0n) is 25.4. The Morgan fingerprint density at radius 1 is 1.17 bits per heavy atom. The minimum Gasteiger partial charge on any atom is -0.491 e. The summed E-state index contributed by atoms with van der Waals surface area (Å²) in [6, 6.07) is 7.13. The predicted molar refractivity (Wildman–Crippen MR) is 176 cm³/mol. The first-order chi connectivity index (χ1) is 22.2. The number of ether oxygens (including phenoxy) is 2. The van der Waals surface area contributed by atoms with Crippen molar-refractivity contribution in [2.45, 2.75) is 50.8 Å². The SMILES string of the molecule is C[C@H](Oc1nc2c(F)c(-c3ccc(F)c4sc(N)c(C#N)c34)c(Cl)c3c2c(c1C#N)N(C1CCNC1)CCCO3)[C@@H]1CCCN1C. The molecule has 7 rings (SSSR count). The Balaban J connectivity index is 1.56. The van der Waals surface area contributed by atoms with E-state index in [1.807, 2.05) is 20.0 Å². The average Bonchev–Trinajstić information content (AvgIpc) is 3.78. The van der Waals surface area contributed by atoms with E-state index in [-0.39, 0.29) is 89.7 Å². The maximum absolute atomic E-state index is 17.3. The molecule has 3 atom stereocenters. The van der Waals surface area contributed by atoms with Crippen LogP contribution in [0.3, 0.4) is 0 Å². The van der Waals surface area contributed by atoms with Gasteiger partial charge in [0.15, 0.2) is 5.82 Å². The van der Waals surface area contributed by atoms with E-state index in [1.165, 1.54) is 12.1 Å². The summed E-state index contributed by atoms with van der Waals surface area (Å²) >= 11 is 8.00. The number of hydrogen-bond donors (Lipinski definition) is 2. The van der Waals surface area contributed by atoms with Gasteiger partial charge in [-0.3, -0.25) is 4.90 Å². The van der Waals surface area contributed by atoms with Gasteiger partial charge in [0.2, 0.25) is 5.88 Å². The van der Waals surface area contributed by atoms with Gasteiger partial charge in [-0.1, -0.05) is 17.7 Å². The molecule has 0 amide bonds. The molecule has 3 aliphatic heterocycles. The average molecular weight is 664 g/mol. The van der Waals surface area contributed by atoms with Gasteiger partial charge in [0, 0.05) is 36.1 Å². The fourth-order valence-electron chi connectivity index (χ4n) is 7.29. The van der Waals surface area contributed by atoms with E-state index in [0.717, 1.165) is 43.7 Å². The molecule has 1 unspecified atom stereocenters. The lowest BCUT2D eigenvalue weighted by Crippen LogP contribution is -2.40. The maximum atomic E-state index is 17.3. The molecule has 9 nitrogen and oxygen atoms in total. The third-order valence-electron chi connectivity index (χ3n) is 9.49. The van der Waals surface area contributed by atoms with E-state index in [4.69, 9.17) is 31.8 Å². The molecular formula is C33H32ClF2N7O2S. The highest BCUT2D eigenvalue weighted by atomic mass is 35.5. The second-order valence-corrected chi connectivity index (χ2v) is 13.5. The second kappa shape index (κ2) is 12.0. The van der Waals surface area contributed by atoms with Crippen molar-refractivity contribution in [1.29, 1.82) is 10.5 Å². The lowest BCUT2D eigenvalue weighted by atomic mass is 9.94. The summed E-state index contributed by atoms with van der Waals surface area (Å²) in [5.74, 6) is -1.16. The van der Waals surface area contributed by atoms with Crippen molar-refractivity contribution < 1.29 is 18.3 Å². The highest BCUT2D eigenvalue weighted by molar-refractivity contribution is 7.23. The quantitative estimate of drug-likeness (QED) is 0.257. The molecule has 3 aliphatic rings. The Labute approximate surface area is 274 Å². The smallest absolute Gasteiger partial charge is 0.234 e. The van der Waals surface area contributed by atoms with E-state index < -0.39 is 11.6 Å². The Kier molecular flexibility index (Phi) is 8.02. The molecule has 2 aromatic carbocycles. The standard InChI is InChI=1S/C33H32ClF2N7O2S/c1-16(22-5-3-10-42(22)2)45-33-20(14-38)29-25-28(41-33)27(36)24(18-6-7-21(35)31-23(18)19(13-37)32(39)46-31)26(34)30(25)44-12-4-11-43(29)17-8-9-40-15-17/h6-7,16-17,22,40H,3-5,8-12,15,39H2,1-2H3/t16-,17?,22-/m0/s1. The number of hydrogen-bond acceptors (Lipinski definition) is 10. The molecule has 4 aromatic rings. The molecule has 13 heteroatoms. The number of nitrogens with zero attached hydrogens (tertiary/aromatic N) is 5. The van der Waals surface area contributed by atoms with Crippen molar-refractivity contribution in [3.8, 4) is 34.9 Å². The molecule has 3 N–H and O–H groups in total. The number of likely N-dealkylation sites (N-methyl/N-ethyl adjacent to an activating group) is 1. The molecule has 0 spiro atoms. The minimum atomic E-state index is -0.791. The van der Waals surface area contributed by atoms with Crippen LogP contribution in [0.2, 0.25) is 5.02 Å². The van der Waals surface area contributed by atoms with Crippen molar-refractivity contribution in [1.82, 2.24) is 15.2 Å². The lowest BCUT2D eigenvalue weighted by Gasteiger charge is -2.35. The van der Waals surface area contributed by atoms with Crippen LogP contribution in [0.4, 0.5) is 19.5 Å². The van der Waals surface area contributed by atoms with Crippen LogP contribution in [-0.2, 0) is 0 Å². The maximum Gasteiger partial charge on any atom is 0.234 e. The van der Waals surface area contributed by atoms with E-state index in [1.54, 1.807) is 0 Å². The molecule has 2 fully saturated rings. The van der Waals surface area contributed by atoms with Gasteiger partial charge in [0.1, 0.15) is 45.9 Å². The summed E-state index contributed by atoms with van der Waals surface area (Å²) in [5, 5.41) is 24.5. The number of thiophene rings is 1. The van der Waals surface area contributed by atoms with Crippen LogP contribution < -0.4 is 25.4 Å². The van der Waals surface area contributed by atoms with Crippen molar-refractivity contribution in [3.05, 3.63) is 39.9 Å². The van der Waals surface area contributed by atoms with Crippen LogP contribution in [-0.4, -0.2) is 67.9 Å². The van der Waals surface area contributed by atoms with Crippen LogP contribution in [0, 0.1) is 34.3 Å². The molecule has 0 bridgehead atoms. The number of nitrogen functional groups attached to an aromatic ring is 1. The summed E-state index contributed by atoms with van der Waals surface area (Å²) in [4.78, 5) is 9.08. The molecule has 238 valence electrons. The summed E-state index contributed by atoms with van der Waals surface area (Å²) in [5.41, 5.74) is 6.85. The molecule has 2 aromatic heterocycles. The molecule has 2 saturated heterocycles. The minimum absolute atomic E-state index is 0.0363. The Morgan fingerprint density at radius 2 is 1.98 bits per heavy atom. The molecule has 0 aliphatic carbocycles. The summed E-state index contributed by atoms with van der Waals surface area (Å²) < 4.78 is 45.1. The second-order valence-electron chi connectivity index (χ2n) is 12.1. The van der Waals surface area contributed by atoms with Crippen LogP contribution in [0.1, 0.15) is 43.7 Å². The van der Waals surface area contributed by atoms with Crippen molar-refractivity contribution in [3.63, 3.8) is 0 Å². The highest BCUT2D eigenvalue weighted by Gasteiger charge is 2.36. The Morgan fingerprint density at radius 3 is 2.67 bits per heavy atom. The van der Waals surface area contributed by atoms with Gasteiger partial charge >= 0.3 is 0 Å². The molecule has 46 heavy (non-hydrogen) atoms. The van der Waals surface area contributed by atoms with Gasteiger partial charge in [-0.2, -0.15) is 10.5 Å². The third kappa shape index (κ3) is 4.78. The number of anilines is 2. The zero-order valence-corrected chi connectivity index (χ0v) is 27.0. The van der Waals surface area contributed by atoms with Crippen LogP contribution in [0.25, 0.3) is 32.1 Å². The van der Waals surface area contributed by atoms with Crippen molar-refractivity contribution >= 4 is 54.6 Å². The van der Waals surface area contributed by atoms with Crippen molar-refractivity contribution in [2.24, 2.45) is 0 Å². The van der Waals surface area contributed by atoms with Gasteiger partial charge in [0.05, 0.1) is 33.0 Å². The number of aromatic nitrogens is 1. The normalized spacial score (nSPS) is 20.7. The van der Waals surface area contributed by atoms with Crippen LogP contribution in [0.5, 0.6) is 11.6 Å². The number of nitriles is 2. The lowest BCUT2D eigenvalue weighted by molar-refractivity contribution is 0.117. The van der Waals surface area contributed by atoms with Gasteiger partial charge in [-0.05, 0) is 64.4 Å². The third-order valence-corrected chi connectivity index (χ3v) is 10.9. The van der Waals surface area contributed by atoms with Gasteiger partial charge < -0.3 is 25.4 Å². The van der Waals surface area contributed by atoms with Crippen LogP contribution >= 0.6 is 22.9 Å². The fourth-order valence-corrected chi connectivity index (χ4v) is 8.58. The topological polar surface area (TPSA) is 123 Å². The number of nitrogens with one attached hydrogen (secondary N) is 1. The van der Waals surface area contributed by atoms with Crippen molar-refractivity contribution in [2.75, 3.05) is 50.5 Å². The monoisotopic (exact) mass is 663 g/mol. The number of pyridine rings is 1. The summed E-state index contributed by atoms with van der Waals surface area (Å²) in [7, 11) is 2.04. The van der Waals surface area contributed by atoms with Gasteiger partial charge in [-0.25, -0.2) is 13.8 Å². The molecule has 5 heterocycles. The first kappa shape index (κ1) is 30.7. The first-order valence-electron chi connectivity index (χ1n) is 15.4. The molecule has 0 saturated carbocycles. The van der Waals surface area contributed by atoms with E-state index in [9.17, 15) is 14.9 Å². The van der Waals surface area contributed by atoms with Crippen LogP contribution in [0.15, 0.2) is 12.1 Å². The molecular weight excluding hydrogens is 632 g/mol. The van der Waals surface area contributed by atoms with Gasteiger partial charge in [-0.15, -0.1) is 11.3 Å². The Hall–Kier alpha value is -3.94. The van der Waals surface area contributed by atoms with E-state index in [2.05, 4.69) is 21.2 Å². The number of fused-ring (bicyclic) bond motifs is 1. The fraction of sp³-hybridized carbons (Fsp3) is 0.424. The largest absolute Gasteiger partial charge is 0.491 e. The Bertz CT molecular complexity index is 1970. The number of likely N-dealkylation sites (tertiary alicyclic amines) is 1.